The van der Waals surface area contributed by atoms with E-state index in [1.54, 1.807) is 0 Å². The predicted octanol–water partition coefficient (Wildman–Crippen LogP) is 6.70. The molecule has 1 aliphatic heterocycles. The van der Waals surface area contributed by atoms with Crippen LogP contribution in [0.5, 0.6) is 0 Å². The summed E-state index contributed by atoms with van der Waals surface area (Å²) in [6.07, 6.45) is 5.30. The number of ether oxygens (including phenoxy) is 1. The molecule has 1 aromatic carbocycles. The van der Waals surface area contributed by atoms with Crippen molar-refractivity contribution in [3.8, 4) is 0 Å². The van der Waals surface area contributed by atoms with E-state index in [0.29, 0.717) is 23.8 Å². The van der Waals surface area contributed by atoms with E-state index in [-0.39, 0.29) is 18.4 Å². The van der Waals surface area contributed by atoms with Crippen LogP contribution in [0.3, 0.4) is 0 Å². The van der Waals surface area contributed by atoms with Gasteiger partial charge in [-0.25, -0.2) is 0 Å². The van der Waals surface area contributed by atoms with Crippen LogP contribution < -0.4 is 0 Å². The van der Waals surface area contributed by atoms with Crippen LogP contribution in [-0.4, -0.2) is 41.2 Å². The smallest absolute Gasteiger partial charge is 0.416 e. The van der Waals surface area contributed by atoms with Crippen LogP contribution in [0.25, 0.3) is 0 Å². The molecule has 0 radical (unpaired) electrons. The van der Waals surface area contributed by atoms with Crippen molar-refractivity contribution in [1.29, 1.82) is 0 Å². The summed E-state index contributed by atoms with van der Waals surface area (Å²) in [7, 11) is 0. The van der Waals surface area contributed by atoms with Crippen molar-refractivity contribution in [2.75, 3.05) is 13.1 Å². The lowest BCUT2D eigenvalue weighted by Crippen LogP contribution is -2.52. The van der Waals surface area contributed by atoms with Crippen LogP contribution in [0.1, 0.15) is 88.4 Å². The van der Waals surface area contributed by atoms with Crippen molar-refractivity contribution in [2.24, 2.45) is 17.8 Å². The van der Waals surface area contributed by atoms with Crippen molar-refractivity contribution in [2.45, 2.75) is 95.6 Å². The number of alkyl halides is 3. The molecule has 0 bridgehead atoms. The van der Waals surface area contributed by atoms with Gasteiger partial charge < -0.3 is 9.84 Å². The van der Waals surface area contributed by atoms with Crippen LogP contribution in [0.15, 0.2) is 24.3 Å². The number of aliphatic carboxylic acids is 1. The van der Waals surface area contributed by atoms with Crippen molar-refractivity contribution >= 4 is 5.97 Å². The van der Waals surface area contributed by atoms with Crippen molar-refractivity contribution in [1.82, 2.24) is 4.90 Å². The zero-order chi connectivity index (χ0) is 24.3. The zero-order valence-electron chi connectivity index (χ0n) is 20.1. The second-order valence-corrected chi connectivity index (χ2v) is 10.9. The molecule has 4 atom stereocenters. The van der Waals surface area contributed by atoms with Gasteiger partial charge in [0.1, 0.15) is 0 Å². The largest absolute Gasteiger partial charge is 0.481 e. The fourth-order valence-electron chi connectivity index (χ4n) is 6.58. The van der Waals surface area contributed by atoms with Crippen LogP contribution in [0, 0.1) is 17.8 Å². The monoisotopic (exact) mass is 481 g/mol. The van der Waals surface area contributed by atoms with Crippen LogP contribution in [0.4, 0.5) is 13.2 Å². The molecule has 4 rings (SSSR count). The maximum Gasteiger partial charge on any atom is 0.416 e. The predicted molar refractivity (Wildman–Crippen MR) is 124 cm³/mol. The first-order chi connectivity index (χ1) is 16.2. The number of carboxylic acid groups (broad SMARTS) is 1. The van der Waals surface area contributed by atoms with Crippen LogP contribution in [-0.2, 0) is 15.7 Å². The number of rotatable bonds is 8. The Bertz CT molecular complexity index is 782. The molecular formula is C27H38F3NO3. The molecule has 34 heavy (non-hydrogen) atoms. The second-order valence-electron chi connectivity index (χ2n) is 10.9. The van der Waals surface area contributed by atoms with Gasteiger partial charge in [0, 0.05) is 19.1 Å². The molecule has 0 amide bonds. The first kappa shape index (κ1) is 25.5. The highest BCUT2D eigenvalue weighted by atomic mass is 19.4. The molecule has 1 saturated heterocycles. The molecular weight excluding hydrogens is 443 g/mol. The van der Waals surface area contributed by atoms with Gasteiger partial charge in [-0.3, -0.25) is 9.69 Å². The highest BCUT2D eigenvalue weighted by Crippen LogP contribution is 2.42. The van der Waals surface area contributed by atoms with Gasteiger partial charge in [-0.15, -0.1) is 0 Å². The van der Waals surface area contributed by atoms with Gasteiger partial charge in [0.15, 0.2) is 0 Å². The second kappa shape index (κ2) is 11.0. The summed E-state index contributed by atoms with van der Waals surface area (Å²) in [6.45, 7) is 4.15. The molecule has 2 saturated carbocycles. The van der Waals surface area contributed by atoms with Crippen LogP contribution in [0.2, 0.25) is 0 Å². The Kier molecular flexibility index (Phi) is 8.24. The first-order valence-corrected chi connectivity index (χ1v) is 13.0. The molecule has 1 heterocycles. The number of hydrogen-bond donors (Lipinski definition) is 1. The quantitative estimate of drug-likeness (QED) is 0.449. The summed E-state index contributed by atoms with van der Waals surface area (Å²) in [5.41, 5.74) is 0.0373. The van der Waals surface area contributed by atoms with Gasteiger partial charge in [0.2, 0.25) is 0 Å². The standard InChI is InChI=1S/C27H38F3NO3/c1-18-14-23(15-24(32)33)34-26(21-10-12-22(13-11-21)27(28,29)30)25(18)31(16-19-6-2-3-7-19)17-20-8-4-5-9-20/h10-13,18-20,23,25-26H,2-9,14-17H2,1H3,(H,32,33)/t18-,23-,25+,26-/m0/s1. The Morgan fingerprint density at radius 2 is 1.53 bits per heavy atom. The number of carbonyl (C=O) groups is 1. The minimum Gasteiger partial charge on any atom is -0.481 e. The maximum absolute atomic E-state index is 13.2. The van der Waals surface area contributed by atoms with Gasteiger partial charge in [-0.2, -0.15) is 13.2 Å². The highest BCUT2D eigenvalue weighted by Gasteiger charge is 2.43. The minimum absolute atomic E-state index is 0.0305. The third-order valence-electron chi connectivity index (χ3n) is 8.19. The first-order valence-electron chi connectivity index (χ1n) is 13.0. The average Bonchev–Trinajstić information content (AvgIpc) is 3.46. The normalized spacial score (nSPS) is 29.2. The van der Waals surface area contributed by atoms with E-state index in [2.05, 4.69) is 11.8 Å². The van der Waals surface area contributed by atoms with Gasteiger partial charge in [0.25, 0.3) is 0 Å². The highest BCUT2D eigenvalue weighted by molar-refractivity contribution is 5.67. The molecule has 0 unspecified atom stereocenters. The number of hydrogen-bond acceptors (Lipinski definition) is 3. The lowest BCUT2D eigenvalue weighted by atomic mass is 9.82. The number of carboxylic acids is 1. The lowest BCUT2D eigenvalue weighted by Gasteiger charge is -2.47. The Hall–Kier alpha value is -1.60. The third-order valence-corrected chi connectivity index (χ3v) is 8.19. The molecule has 1 N–H and O–H groups in total. The van der Waals surface area contributed by atoms with E-state index in [1.165, 1.54) is 63.5 Å². The number of benzene rings is 1. The van der Waals surface area contributed by atoms with Gasteiger partial charge in [-0.05, 0) is 67.6 Å². The third kappa shape index (κ3) is 6.34. The van der Waals surface area contributed by atoms with Gasteiger partial charge in [-0.1, -0.05) is 44.7 Å². The molecule has 190 valence electrons. The minimum atomic E-state index is -4.39. The fourth-order valence-corrected chi connectivity index (χ4v) is 6.58. The molecule has 1 aromatic rings. The van der Waals surface area contributed by atoms with Crippen molar-refractivity contribution in [3.63, 3.8) is 0 Å². The van der Waals surface area contributed by atoms with Crippen molar-refractivity contribution in [3.05, 3.63) is 35.4 Å². The summed E-state index contributed by atoms with van der Waals surface area (Å²) >= 11 is 0. The van der Waals surface area contributed by atoms with Crippen molar-refractivity contribution < 1.29 is 27.8 Å². The molecule has 3 fully saturated rings. The van der Waals surface area contributed by atoms with E-state index in [9.17, 15) is 23.1 Å². The van der Waals surface area contributed by atoms with E-state index in [1.807, 2.05) is 0 Å². The molecule has 3 aliphatic rings. The summed E-state index contributed by atoms with van der Waals surface area (Å²) in [4.78, 5) is 14.0. The van der Waals surface area contributed by atoms with Gasteiger partial charge in [0.05, 0.1) is 24.2 Å². The molecule has 4 nitrogen and oxygen atoms in total. The summed E-state index contributed by atoms with van der Waals surface area (Å²) in [5.74, 6) is 0.584. The van der Waals surface area contributed by atoms with E-state index in [4.69, 9.17) is 4.74 Å². The molecule has 0 spiro atoms. The van der Waals surface area contributed by atoms with E-state index >= 15 is 0 Å². The lowest BCUT2D eigenvalue weighted by molar-refractivity contribution is -0.154. The Morgan fingerprint density at radius 3 is 2.00 bits per heavy atom. The zero-order valence-corrected chi connectivity index (χ0v) is 20.1. The van der Waals surface area contributed by atoms with Crippen LogP contribution >= 0.6 is 0 Å². The van der Waals surface area contributed by atoms with E-state index < -0.39 is 29.9 Å². The topological polar surface area (TPSA) is 49.8 Å². The Labute approximate surface area is 200 Å². The Balaban J connectivity index is 1.63. The molecule has 2 aliphatic carbocycles. The number of nitrogens with zero attached hydrogens (tertiary/aromatic N) is 1. The summed E-state index contributed by atoms with van der Waals surface area (Å²) in [5, 5.41) is 9.37. The SMILES string of the molecule is C[C@H]1C[C@@H](CC(=O)O)O[C@@H](c2ccc(C(F)(F)F)cc2)[C@@H]1N(CC1CCCC1)CC1CCCC1. The summed E-state index contributed by atoms with van der Waals surface area (Å²) < 4.78 is 46.0. The molecule has 7 heteroatoms. The maximum atomic E-state index is 13.2. The fraction of sp³-hybridized carbons (Fsp3) is 0.741. The molecule has 0 aromatic heterocycles. The Morgan fingerprint density at radius 1 is 1.00 bits per heavy atom. The van der Waals surface area contributed by atoms with Gasteiger partial charge >= 0.3 is 12.1 Å². The average molecular weight is 482 g/mol. The summed E-state index contributed by atoms with van der Waals surface area (Å²) in [6, 6.07) is 5.33. The van der Waals surface area contributed by atoms with E-state index in [0.717, 1.165) is 25.2 Å². The number of halogens is 3.